The van der Waals surface area contributed by atoms with Crippen molar-refractivity contribution in [3.63, 3.8) is 0 Å². The van der Waals surface area contributed by atoms with E-state index in [4.69, 9.17) is 14.2 Å². The molecule has 0 saturated carbocycles. The van der Waals surface area contributed by atoms with E-state index in [1.807, 2.05) is 18.2 Å². The smallest absolute Gasteiger partial charge is 0.351 e. The molecule has 1 fully saturated rings. The molecule has 1 saturated heterocycles. The van der Waals surface area contributed by atoms with Crippen molar-refractivity contribution in [2.75, 3.05) is 26.4 Å². The van der Waals surface area contributed by atoms with Crippen LogP contribution in [-0.4, -0.2) is 54.6 Å². The highest BCUT2D eigenvalue weighted by Gasteiger charge is 2.20. The molecule has 0 spiro atoms. The van der Waals surface area contributed by atoms with E-state index < -0.39 is 0 Å². The largest absolute Gasteiger partial charge is 0.475 e. The summed E-state index contributed by atoms with van der Waals surface area (Å²) in [6.45, 7) is 9.41. The van der Waals surface area contributed by atoms with Gasteiger partial charge in [0.25, 0.3) is 0 Å². The Morgan fingerprint density at radius 1 is 1.39 bits per heavy atom. The van der Waals surface area contributed by atoms with Crippen LogP contribution in [0, 0.1) is 11.8 Å². The Hall–Kier alpha value is -3.54. The van der Waals surface area contributed by atoms with Gasteiger partial charge in [0.05, 0.1) is 25.5 Å². The molecule has 0 radical (unpaired) electrons. The SMILES string of the molecule is C=CN=C(C#Cc1ccc2c(c1)CCn1c-2cc(OCC2COCCO2)nc1=O)N=C. The summed E-state index contributed by atoms with van der Waals surface area (Å²) in [5.74, 6) is 6.50. The number of fused-ring (bicyclic) bond motifs is 3. The highest BCUT2D eigenvalue weighted by molar-refractivity contribution is 6.01. The average molecular weight is 418 g/mol. The normalized spacial score (nSPS) is 17.5. The predicted molar refractivity (Wildman–Crippen MR) is 118 cm³/mol. The molecule has 8 nitrogen and oxygen atoms in total. The van der Waals surface area contributed by atoms with Crippen LogP contribution in [0.3, 0.4) is 0 Å². The molecule has 158 valence electrons. The number of hydrogen-bond donors (Lipinski definition) is 0. The molecule has 0 N–H and O–H groups in total. The second-order valence-electron chi connectivity index (χ2n) is 6.96. The van der Waals surface area contributed by atoms with Crippen LogP contribution in [0.25, 0.3) is 11.3 Å². The first kappa shape index (κ1) is 20.7. The molecule has 1 aromatic carbocycles. The molecule has 0 aliphatic carbocycles. The van der Waals surface area contributed by atoms with Crippen molar-refractivity contribution in [1.82, 2.24) is 9.55 Å². The molecule has 2 aliphatic rings. The number of aromatic nitrogens is 2. The zero-order chi connectivity index (χ0) is 21.6. The fourth-order valence-electron chi connectivity index (χ4n) is 3.50. The number of nitrogens with zero attached hydrogens (tertiary/aromatic N) is 4. The van der Waals surface area contributed by atoms with Crippen LogP contribution < -0.4 is 10.4 Å². The van der Waals surface area contributed by atoms with Crippen LogP contribution in [0.15, 0.2) is 51.8 Å². The number of aliphatic imine (C=N–C) groups is 2. The first-order valence-corrected chi connectivity index (χ1v) is 9.92. The Balaban J connectivity index is 1.59. The van der Waals surface area contributed by atoms with Crippen molar-refractivity contribution < 1.29 is 14.2 Å². The van der Waals surface area contributed by atoms with Gasteiger partial charge in [-0.15, -0.1) is 0 Å². The number of amidine groups is 1. The Bertz CT molecular complexity index is 1150. The molecular weight excluding hydrogens is 396 g/mol. The molecule has 3 heterocycles. The molecule has 1 unspecified atom stereocenters. The first-order valence-electron chi connectivity index (χ1n) is 9.92. The Morgan fingerprint density at radius 3 is 3.06 bits per heavy atom. The molecule has 0 amide bonds. The Morgan fingerprint density at radius 2 is 2.29 bits per heavy atom. The summed E-state index contributed by atoms with van der Waals surface area (Å²) in [5, 5.41) is 0. The summed E-state index contributed by atoms with van der Waals surface area (Å²) in [6, 6.07) is 7.66. The molecule has 0 bridgehead atoms. The zero-order valence-electron chi connectivity index (χ0n) is 17.0. The zero-order valence-corrected chi connectivity index (χ0v) is 17.0. The fourth-order valence-corrected chi connectivity index (χ4v) is 3.50. The average Bonchev–Trinajstić information content (AvgIpc) is 2.80. The standard InChI is InChI=1S/C23H22N4O4/c1-3-25-21(24-2)7-5-16-4-6-19-17(12-16)8-9-27-20(19)13-22(26-23(27)28)31-15-18-14-29-10-11-30-18/h3-4,6,12-13,18H,1-2,8-11,14-15H2. The van der Waals surface area contributed by atoms with Gasteiger partial charge < -0.3 is 14.2 Å². The van der Waals surface area contributed by atoms with E-state index in [9.17, 15) is 4.79 Å². The number of hydrogen-bond acceptors (Lipinski definition) is 6. The van der Waals surface area contributed by atoms with Gasteiger partial charge in [0.15, 0.2) is 0 Å². The van der Waals surface area contributed by atoms with Gasteiger partial charge in [-0.3, -0.25) is 4.57 Å². The summed E-state index contributed by atoms with van der Waals surface area (Å²) in [5.41, 5.74) is 3.33. The fraction of sp³-hybridized carbons (Fsp3) is 0.304. The van der Waals surface area contributed by atoms with Crippen LogP contribution in [-0.2, 0) is 22.4 Å². The van der Waals surface area contributed by atoms with E-state index in [0.29, 0.717) is 38.6 Å². The van der Waals surface area contributed by atoms with Gasteiger partial charge >= 0.3 is 5.69 Å². The number of rotatable bonds is 4. The summed E-state index contributed by atoms with van der Waals surface area (Å²) in [6.07, 6.45) is 1.92. The van der Waals surface area contributed by atoms with Crippen molar-refractivity contribution >= 4 is 12.6 Å². The van der Waals surface area contributed by atoms with Crippen molar-refractivity contribution in [2.45, 2.75) is 19.1 Å². The van der Waals surface area contributed by atoms with Crippen molar-refractivity contribution in [3.8, 4) is 29.0 Å². The monoisotopic (exact) mass is 418 g/mol. The minimum absolute atomic E-state index is 0.165. The third kappa shape index (κ3) is 4.79. The van der Waals surface area contributed by atoms with Gasteiger partial charge in [-0.1, -0.05) is 18.6 Å². The maximum atomic E-state index is 12.5. The second kappa shape index (κ2) is 9.51. The van der Waals surface area contributed by atoms with E-state index >= 15 is 0 Å². The van der Waals surface area contributed by atoms with Gasteiger partial charge in [0.2, 0.25) is 11.7 Å². The van der Waals surface area contributed by atoms with E-state index in [2.05, 4.69) is 40.1 Å². The number of aryl methyl sites for hydroxylation is 1. The van der Waals surface area contributed by atoms with E-state index in [0.717, 1.165) is 22.4 Å². The lowest BCUT2D eigenvalue weighted by atomic mass is 9.95. The summed E-state index contributed by atoms with van der Waals surface area (Å²) < 4.78 is 18.4. The number of benzene rings is 1. The lowest BCUT2D eigenvalue weighted by molar-refractivity contribution is -0.102. The topological polar surface area (TPSA) is 87.3 Å². The highest BCUT2D eigenvalue weighted by Crippen LogP contribution is 2.30. The minimum Gasteiger partial charge on any atom is -0.475 e. The van der Waals surface area contributed by atoms with E-state index in [-0.39, 0.29) is 24.3 Å². The van der Waals surface area contributed by atoms with Crippen LogP contribution in [0.4, 0.5) is 0 Å². The molecule has 1 aromatic heterocycles. The summed E-state index contributed by atoms with van der Waals surface area (Å²) in [7, 11) is 0. The third-order valence-electron chi connectivity index (χ3n) is 4.96. The lowest BCUT2D eigenvalue weighted by Crippen LogP contribution is -2.34. The van der Waals surface area contributed by atoms with Crippen LogP contribution in [0.2, 0.25) is 0 Å². The lowest BCUT2D eigenvalue weighted by Gasteiger charge is -2.24. The van der Waals surface area contributed by atoms with Crippen LogP contribution in [0.5, 0.6) is 5.88 Å². The van der Waals surface area contributed by atoms with Crippen LogP contribution >= 0.6 is 0 Å². The molecule has 2 aromatic rings. The maximum Gasteiger partial charge on any atom is 0.351 e. The quantitative estimate of drug-likeness (QED) is 0.430. The van der Waals surface area contributed by atoms with Gasteiger partial charge in [-0.2, -0.15) is 4.98 Å². The second-order valence-corrected chi connectivity index (χ2v) is 6.96. The first-order chi connectivity index (χ1) is 15.2. The van der Waals surface area contributed by atoms with E-state index in [1.54, 1.807) is 10.6 Å². The number of ether oxygens (including phenoxy) is 3. The Labute approximate surface area is 179 Å². The third-order valence-corrected chi connectivity index (χ3v) is 4.96. The molecule has 8 heteroatoms. The molecule has 2 aliphatic heterocycles. The predicted octanol–water partition coefficient (Wildman–Crippen LogP) is 1.85. The molecule has 1 atom stereocenters. The minimum atomic E-state index is -0.329. The summed E-state index contributed by atoms with van der Waals surface area (Å²) in [4.78, 5) is 24.3. The molecule has 4 rings (SSSR count). The summed E-state index contributed by atoms with van der Waals surface area (Å²) >= 11 is 0. The van der Waals surface area contributed by atoms with Crippen LogP contribution in [0.1, 0.15) is 11.1 Å². The van der Waals surface area contributed by atoms with Gasteiger partial charge in [0.1, 0.15) is 12.7 Å². The van der Waals surface area contributed by atoms with Gasteiger partial charge in [-0.25, -0.2) is 14.8 Å². The van der Waals surface area contributed by atoms with Crippen molar-refractivity contribution in [2.24, 2.45) is 9.98 Å². The van der Waals surface area contributed by atoms with Crippen molar-refractivity contribution in [1.29, 1.82) is 0 Å². The van der Waals surface area contributed by atoms with Gasteiger partial charge in [0, 0.05) is 29.9 Å². The maximum absolute atomic E-state index is 12.5. The van der Waals surface area contributed by atoms with Gasteiger partial charge in [-0.05, 0) is 36.8 Å². The van der Waals surface area contributed by atoms with Crippen molar-refractivity contribution in [3.05, 3.63) is 58.7 Å². The molecular formula is C23H22N4O4. The highest BCUT2D eigenvalue weighted by atomic mass is 16.6. The molecule has 31 heavy (non-hydrogen) atoms. The Kier molecular flexibility index (Phi) is 6.36. The van der Waals surface area contributed by atoms with E-state index in [1.165, 1.54) is 6.20 Å².